The number of amides is 1. The molecule has 110 valence electrons. The highest BCUT2D eigenvalue weighted by Crippen LogP contribution is 2.32. The van der Waals surface area contributed by atoms with Crippen molar-refractivity contribution < 1.29 is 14.6 Å². The molecule has 5 nitrogen and oxygen atoms in total. The molecule has 1 saturated heterocycles. The normalized spacial score (nSPS) is 23.4. The highest BCUT2D eigenvalue weighted by atomic mass is 35.5. The molecule has 2 rings (SSSR count). The van der Waals surface area contributed by atoms with E-state index < -0.39 is 6.09 Å². The number of rotatable bonds is 2. The molecule has 1 aliphatic rings. The number of hydrogen-bond donors (Lipinski definition) is 2. The average Bonchev–Trinajstić information content (AvgIpc) is 2.64. The van der Waals surface area contributed by atoms with Gasteiger partial charge in [0.1, 0.15) is 0 Å². The second-order valence-corrected chi connectivity index (χ2v) is 5.50. The number of benzene rings is 1. The van der Waals surface area contributed by atoms with Gasteiger partial charge in [-0.25, -0.2) is 4.79 Å². The van der Waals surface area contributed by atoms with Crippen molar-refractivity contribution in [2.45, 2.75) is 6.10 Å². The lowest BCUT2D eigenvalue weighted by molar-refractivity contribution is 0.0331. The third-order valence-electron chi connectivity index (χ3n) is 3.39. The van der Waals surface area contributed by atoms with Gasteiger partial charge in [-0.15, -0.1) is 0 Å². The van der Waals surface area contributed by atoms with Crippen molar-refractivity contribution in [1.29, 1.82) is 0 Å². The highest BCUT2D eigenvalue weighted by Gasteiger charge is 2.30. The van der Waals surface area contributed by atoms with Gasteiger partial charge in [-0.1, -0.05) is 29.3 Å². The smallest absolute Gasteiger partial charge is 0.407 e. The zero-order chi connectivity index (χ0) is 14.7. The van der Waals surface area contributed by atoms with Crippen LogP contribution in [0.15, 0.2) is 18.2 Å². The fourth-order valence-electron chi connectivity index (χ4n) is 2.33. The zero-order valence-corrected chi connectivity index (χ0v) is 12.3. The lowest BCUT2D eigenvalue weighted by Crippen LogP contribution is -2.37. The molecule has 20 heavy (non-hydrogen) atoms. The summed E-state index contributed by atoms with van der Waals surface area (Å²) in [4.78, 5) is 12.4. The van der Waals surface area contributed by atoms with Gasteiger partial charge in [-0.2, -0.15) is 0 Å². The average molecular weight is 319 g/mol. The van der Waals surface area contributed by atoms with Crippen LogP contribution < -0.4 is 5.73 Å². The summed E-state index contributed by atoms with van der Waals surface area (Å²) >= 11 is 11.9. The Balaban J connectivity index is 2.24. The molecular formula is C13H16Cl2N2O3. The topological polar surface area (TPSA) is 75.8 Å². The summed E-state index contributed by atoms with van der Waals surface area (Å²) in [6.07, 6.45) is -1.24. The number of halogens is 2. The van der Waals surface area contributed by atoms with Crippen LogP contribution in [0.5, 0.6) is 0 Å². The van der Waals surface area contributed by atoms with E-state index in [4.69, 9.17) is 38.8 Å². The first-order valence-electron chi connectivity index (χ1n) is 6.27. The molecule has 0 radical (unpaired) electrons. The highest BCUT2D eigenvalue weighted by molar-refractivity contribution is 6.42. The lowest BCUT2D eigenvalue weighted by atomic mass is 9.95. The largest absolute Gasteiger partial charge is 0.465 e. The maximum atomic E-state index is 11.1. The SMILES string of the molecule is NC[C@H]1CN(C(=O)O)CCO[C@@H]1c1ccc(Cl)c(Cl)c1. The maximum absolute atomic E-state index is 11.1. The molecule has 1 aromatic rings. The molecule has 1 amide bonds. The Morgan fingerprint density at radius 1 is 1.45 bits per heavy atom. The Kier molecular flexibility index (Phi) is 5.10. The molecule has 1 aliphatic heterocycles. The van der Waals surface area contributed by atoms with Gasteiger partial charge in [0, 0.05) is 19.0 Å². The number of nitrogens with two attached hydrogens (primary N) is 1. The van der Waals surface area contributed by atoms with E-state index >= 15 is 0 Å². The molecule has 1 aromatic carbocycles. The summed E-state index contributed by atoms with van der Waals surface area (Å²) < 4.78 is 5.78. The number of carbonyl (C=O) groups is 1. The fourth-order valence-corrected chi connectivity index (χ4v) is 2.63. The van der Waals surface area contributed by atoms with Crippen molar-refractivity contribution in [3.8, 4) is 0 Å². The van der Waals surface area contributed by atoms with Crippen molar-refractivity contribution in [3.63, 3.8) is 0 Å². The first kappa shape index (κ1) is 15.4. The van der Waals surface area contributed by atoms with Gasteiger partial charge in [-0.3, -0.25) is 0 Å². The Morgan fingerprint density at radius 2 is 2.20 bits per heavy atom. The number of ether oxygens (including phenoxy) is 1. The Bertz CT molecular complexity index is 499. The molecule has 3 N–H and O–H groups in total. The van der Waals surface area contributed by atoms with Crippen molar-refractivity contribution in [1.82, 2.24) is 4.90 Å². The first-order valence-corrected chi connectivity index (χ1v) is 7.03. The minimum atomic E-state index is -0.957. The van der Waals surface area contributed by atoms with Crippen LogP contribution in [-0.4, -0.2) is 42.3 Å². The summed E-state index contributed by atoms with van der Waals surface area (Å²) in [7, 11) is 0. The van der Waals surface area contributed by atoms with E-state index in [0.717, 1.165) is 5.56 Å². The van der Waals surface area contributed by atoms with Crippen molar-refractivity contribution in [3.05, 3.63) is 33.8 Å². The maximum Gasteiger partial charge on any atom is 0.407 e. The standard InChI is InChI=1S/C13H16Cl2N2O3/c14-10-2-1-8(5-11(10)15)12-9(6-16)7-17(13(18)19)3-4-20-12/h1-2,5,9,12H,3-4,6-7,16H2,(H,18,19)/t9-,12+/m0/s1. The van der Waals surface area contributed by atoms with E-state index in [1.165, 1.54) is 4.90 Å². The summed E-state index contributed by atoms with van der Waals surface area (Å²) in [6, 6.07) is 5.28. The molecule has 0 spiro atoms. The molecule has 1 fully saturated rings. The van der Waals surface area contributed by atoms with Crippen LogP contribution in [0.2, 0.25) is 10.0 Å². The van der Waals surface area contributed by atoms with Crippen LogP contribution in [0.1, 0.15) is 11.7 Å². The number of nitrogens with zero attached hydrogens (tertiary/aromatic N) is 1. The van der Waals surface area contributed by atoms with Crippen molar-refractivity contribution >= 4 is 29.3 Å². The van der Waals surface area contributed by atoms with Crippen LogP contribution in [0.25, 0.3) is 0 Å². The summed E-state index contributed by atoms with van der Waals surface area (Å²) in [5.41, 5.74) is 6.64. The molecule has 7 heteroatoms. The second kappa shape index (κ2) is 6.63. The molecular weight excluding hydrogens is 303 g/mol. The third kappa shape index (κ3) is 3.35. The van der Waals surface area contributed by atoms with E-state index in [1.807, 2.05) is 6.07 Å². The van der Waals surface area contributed by atoms with Gasteiger partial charge in [0.2, 0.25) is 0 Å². The molecule has 2 atom stereocenters. The minimum Gasteiger partial charge on any atom is -0.465 e. The third-order valence-corrected chi connectivity index (χ3v) is 4.13. The van der Waals surface area contributed by atoms with Crippen molar-refractivity contribution in [2.24, 2.45) is 11.7 Å². The van der Waals surface area contributed by atoms with Gasteiger partial charge in [0.05, 0.1) is 22.8 Å². The fraction of sp³-hybridized carbons (Fsp3) is 0.462. The Labute approximate surface area is 127 Å². The predicted octanol–water partition coefficient (Wildman–Crippen LogP) is 2.62. The van der Waals surface area contributed by atoms with Crippen molar-refractivity contribution in [2.75, 3.05) is 26.2 Å². The van der Waals surface area contributed by atoms with Gasteiger partial charge < -0.3 is 20.5 Å². The van der Waals surface area contributed by atoms with Crippen LogP contribution in [0.4, 0.5) is 4.79 Å². The summed E-state index contributed by atoms with van der Waals surface area (Å²) in [5, 5.41) is 10.0. The minimum absolute atomic E-state index is 0.120. The second-order valence-electron chi connectivity index (χ2n) is 4.69. The Hall–Kier alpha value is -1.01. The van der Waals surface area contributed by atoms with Crippen LogP contribution in [0.3, 0.4) is 0 Å². The van der Waals surface area contributed by atoms with E-state index in [2.05, 4.69) is 0 Å². The van der Waals surface area contributed by atoms with E-state index in [1.54, 1.807) is 12.1 Å². The molecule has 0 aliphatic carbocycles. The van der Waals surface area contributed by atoms with Crippen LogP contribution in [0, 0.1) is 5.92 Å². The molecule has 0 saturated carbocycles. The quantitative estimate of drug-likeness (QED) is 0.878. The van der Waals surface area contributed by atoms with E-state index in [9.17, 15) is 4.79 Å². The monoisotopic (exact) mass is 318 g/mol. The molecule has 0 unspecified atom stereocenters. The van der Waals surface area contributed by atoms with Gasteiger partial charge in [0.15, 0.2) is 0 Å². The molecule has 1 heterocycles. The van der Waals surface area contributed by atoms with Gasteiger partial charge in [0.25, 0.3) is 0 Å². The molecule has 0 aromatic heterocycles. The Morgan fingerprint density at radius 3 is 2.80 bits per heavy atom. The predicted molar refractivity (Wildman–Crippen MR) is 77.3 cm³/mol. The number of hydrogen-bond acceptors (Lipinski definition) is 3. The summed E-state index contributed by atoms with van der Waals surface area (Å²) in [6.45, 7) is 1.34. The van der Waals surface area contributed by atoms with E-state index in [-0.39, 0.29) is 12.0 Å². The number of carboxylic acid groups (broad SMARTS) is 1. The zero-order valence-electron chi connectivity index (χ0n) is 10.8. The van der Waals surface area contributed by atoms with E-state index in [0.29, 0.717) is 36.3 Å². The van der Waals surface area contributed by atoms with Gasteiger partial charge in [-0.05, 0) is 24.2 Å². The van der Waals surface area contributed by atoms with Gasteiger partial charge >= 0.3 is 6.09 Å². The summed E-state index contributed by atoms with van der Waals surface area (Å²) in [5.74, 6) is -0.120. The first-order chi connectivity index (χ1) is 9.52. The molecule has 0 bridgehead atoms. The van der Waals surface area contributed by atoms with Crippen LogP contribution >= 0.6 is 23.2 Å². The van der Waals surface area contributed by atoms with Crippen LogP contribution in [-0.2, 0) is 4.74 Å². The lowest BCUT2D eigenvalue weighted by Gasteiger charge is -2.25.